The fraction of sp³-hybridized carbons (Fsp3) is 0.462. The van der Waals surface area contributed by atoms with Crippen LogP contribution in [0.5, 0.6) is 0 Å². The van der Waals surface area contributed by atoms with Gasteiger partial charge in [0, 0.05) is 23.9 Å². The highest BCUT2D eigenvalue weighted by Crippen LogP contribution is 2.27. The number of allylic oxidation sites excluding steroid dienone is 1. The minimum absolute atomic E-state index is 0.160. The average Bonchev–Trinajstić information content (AvgIpc) is 2.80. The molecule has 0 spiro atoms. The summed E-state index contributed by atoms with van der Waals surface area (Å²) in [6.45, 7) is 1.72. The molecule has 0 bridgehead atoms. The first-order chi connectivity index (χ1) is 9.06. The Morgan fingerprint density at radius 3 is 2.84 bits per heavy atom. The molecule has 6 heteroatoms. The summed E-state index contributed by atoms with van der Waals surface area (Å²) in [5.41, 5.74) is 1.28. The first-order valence-corrected chi connectivity index (χ1v) is 6.64. The monoisotopic (exact) mass is 281 g/mol. The van der Waals surface area contributed by atoms with E-state index < -0.39 is 5.97 Å². The Morgan fingerprint density at radius 1 is 1.53 bits per heavy atom. The Labute approximate surface area is 116 Å². The Morgan fingerprint density at radius 2 is 2.21 bits per heavy atom. The van der Waals surface area contributed by atoms with Crippen molar-refractivity contribution >= 4 is 29.0 Å². The fourth-order valence-electron chi connectivity index (χ4n) is 2.29. The van der Waals surface area contributed by atoms with Gasteiger partial charge < -0.3 is 10.4 Å². The minimum Gasteiger partial charge on any atom is -0.478 e. The van der Waals surface area contributed by atoms with E-state index in [2.05, 4.69) is 15.3 Å². The molecule has 1 fully saturated rings. The predicted octanol–water partition coefficient (Wildman–Crippen LogP) is 2.97. The summed E-state index contributed by atoms with van der Waals surface area (Å²) >= 11 is 5.81. The van der Waals surface area contributed by atoms with E-state index in [1.54, 1.807) is 13.1 Å². The molecule has 0 aliphatic heterocycles. The van der Waals surface area contributed by atoms with Crippen LogP contribution in [0, 0.1) is 0 Å². The molecule has 0 atom stereocenters. The molecular formula is C13H16ClN3O2. The molecule has 1 aromatic rings. The summed E-state index contributed by atoms with van der Waals surface area (Å²) in [7, 11) is 0. The standard InChI is InChI=1S/C13H16ClN3O2/c1-8(6-11(18)19)10-7-15-13(14)17-12(10)16-9-4-2-3-5-9/h6-7,9H,2-5H2,1H3,(H,18,19)(H,15,16,17). The van der Waals surface area contributed by atoms with Crippen molar-refractivity contribution in [1.82, 2.24) is 9.97 Å². The smallest absolute Gasteiger partial charge is 0.328 e. The Kier molecular flexibility index (Phi) is 4.37. The van der Waals surface area contributed by atoms with E-state index in [4.69, 9.17) is 16.7 Å². The molecule has 1 aliphatic rings. The molecule has 0 amide bonds. The average molecular weight is 282 g/mol. The lowest BCUT2D eigenvalue weighted by Crippen LogP contribution is -2.17. The molecule has 102 valence electrons. The van der Waals surface area contributed by atoms with Crippen LogP contribution in [0.3, 0.4) is 0 Å². The van der Waals surface area contributed by atoms with Crippen molar-refractivity contribution in [3.8, 4) is 0 Å². The number of rotatable bonds is 4. The van der Waals surface area contributed by atoms with Crippen LogP contribution in [-0.2, 0) is 4.79 Å². The van der Waals surface area contributed by atoms with Gasteiger partial charge in [-0.05, 0) is 36.9 Å². The number of carboxylic acids is 1. The van der Waals surface area contributed by atoms with Crippen LogP contribution in [0.4, 0.5) is 5.82 Å². The normalized spacial score (nSPS) is 16.6. The molecule has 0 unspecified atom stereocenters. The third kappa shape index (κ3) is 3.67. The molecule has 0 saturated heterocycles. The molecule has 19 heavy (non-hydrogen) atoms. The number of anilines is 1. The lowest BCUT2D eigenvalue weighted by Gasteiger charge is -2.16. The van der Waals surface area contributed by atoms with Crippen LogP contribution >= 0.6 is 11.6 Å². The molecule has 1 aliphatic carbocycles. The van der Waals surface area contributed by atoms with E-state index in [1.807, 2.05) is 0 Å². The number of carboxylic acid groups (broad SMARTS) is 1. The number of hydrogen-bond donors (Lipinski definition) is 2. The largest absolute Gasteiger partial charge is 0.478 e. The summed E-state index contributed by atoms with van der Waals surface area (Å²) in [5.74, 6) is -0.374. The molecule has 1 saturated carbocycles. The van der Waals surface area contributed by atoms with Gasteiger partial charge in [0.1, 0.15) is 5.82 Å². The number of aliphatic carboxylic acids is 1. The number of aromatic nitrogens is 2. The van der Waals surface area contributed by atoms with E-state index in [1.165, 1.54) is 12.8 Å². The second-order valence-electron chi connectivity index (χ2n) is 4.69. The van der Waals surface area contributed by atoms with Crippen molar-refractivity contribution in [3.05, 3.63) is 23.1 Å². The highest BCUT2D eigenvalue weighted by atomic mass is 35.5. The second-order valence-corrected chi connectivity index (χ2v) is 5.03. The summed E-state index contributed by atoms with van der Waals surface area (Å²) in [4.78, 5) is 18.8. The molecule has 1 aromatic heterocycles. The topological polar surface area (TPSA) is 75.1 Å². The molecule has 5 nitrogen and oxygen atoms in total. The Bertz CT molecular complexity index is 511. The molecule has 0 radical (unpaired) electrons. The van der Waals surface area contributed by atoms with E-state index in [9.17, 15) is 4.79 Å². The summed E-state index contributed by atoms with van der Waals surface area (Å²) in [6, 6.07) is 0.377. The van der Waals surface area contributed by atoms with E-state index in [-0.39, 0.29) is 5.28 Å². The van der Waals surface area contributed by atoms with Gasteiger partial charge in [-0.15, -0.1) is 0 Å². The van der Waals surface area contributed by atoms with Gasteiger partial charge in [-0.1, -0.05) is 12.8 Å². The van der Waals surface area contributed by atoms with Crippen LogP contribution < -0.4 is 5.32 Å². The molecule has 1 heterocycles. The number of nitrogens with zero attached hydrogens (tertiary/aromatic N) is 2. The zero-order valence-corrected chi connectivity index (χ0v) is 11.4. The maximum Gasteiger partial charge on any atom is 0.328 e. The molecular weight excluding hydrogens is 266 g/mol. The quantitative estimate of drug-likeness (QED) is 0.655. The highest BCUT2D eigenvalue weighted by Gasteiger charge is 2.18. The van der Waals surface area contributed by atoms with Crippen molar-refractivity contribution in [2.45, 2.75) is 38.6 Å². The zero-order chi connectivity index (χ0) is 13.8. The SMILES string of the molecule is CC(=CC(=O)O)c1cnc(Cl)nc1NC1CCCC1. The lowest BCUT2D eigenvalue weighted by molar-refractivity contribution is -0.131. The van der Waals surface area contributed by atoms with Gasteiger partial charge in [-0.3, -0.25) is 0 Å². The predicted molar refractivity (Wildman–Crippen MR) is 74.2 cm³/mol. The number of hydrogen-bond acceptors (Lipinski definition) is 4. The van der Waals surface area contributed by atoms with Gasteiger partial charge in [-0.2, -0.15) is 0 Å². The van der Waals surface area contributed by atoms with Crippen molar-refractivity contribution in [2.75, 3.05) is 5.32 Å². The number of halogens is 1. The first-order valence-electron chi connectivity index (χ1n) is 6.27. The summed E-state index contributed by atoms with van der Waals surface area (Å²) in [6.07, 6.45) is 7.31. The number of carbonyl (C=O) groups is 1. The van der Waals surface area contributed by atoms with E-state index >= 15 is 0 Å². The maximum absolute atomic E-state index is 10.7. The van der Waals surface area contributed by atoms with Crippen molar-refractivity contribution in [3.63, 3.8) is 0 Å². The van der Waals surface area contributed by atoms with Gasteiger partial charge in [0.2, 0.25) is 5.28 Å². The van der Waals surface area contributed by atoms with Crippen LogP contribution in [0.25, 0.3) is 5.57 Å². The summed E-state index contributed by atoms with van der Waals surface area (Å²) < 4.78 is 0. The third-order valence-corrected chi connectivity index (χ3v) is 3.40. The van der Waals surface area contributed by atoms with E-state index in [0.29, 0.717) is 23.0 Å². The van der Waals surface area contributed by atoms with Crippen molar-refractivity contribution < 1.29 is 9.90 Å². The van der Waals surface area contributed by atoms with Crippen LogP contribution in [-0.4, -0.2) is 27.1 Å². The second kappa shape index (κ2) is 6.02. The molecule has 2 rings (SSSR count). The van der Waals surface area contributed by atoms with Gasteiger partial charge >= 0.3 is 5.97 Å². The lowest BCUT2D eigenvalue weighted by atomic mass is 10.1. The Balaban J connectivity index is 2.29. The highest BCUT2D eigenvalue weighted by molar-refractivity contribution is 6.28. The van der Waals surface area contributed by atoms with Crippen LogP contribution in [0.1, 0.15) is 38.2 Å². The zero-order valence-electron chi connectivity index (χ0n) is 10.7. The first kappa shape index (κ1) is 13.8. The van der Waals surface area contributed by atoms with Crippen LogP contribution in [0.2, 0.25) is 5.28 Å². The van der Waals surface area contributed by atoms with Crippen LogP contribution in [0.15, 0.2) is 12.3 Å². The molecule has 0 aromatic carbocycles. The third-order valence-electron chi connectivity index (χ3n) is 3.22. The van der Waals surface area contributed by atoms with Gasteiger partial charge in [-0.25, -0.2) is 14.8 Å². The van der Waals surface area contributed by atoms with E-state index in [0.717, 1.165) is 18.9 Å². The Hall–Kier alpha value is -1.62. The fourth-order valence-corrected chi connectivity index (χ4v) is 2.42. The van der Waals surface area contributed by atoms with Crippen molar-refractivity contribution in [1.29, 1.82) is 0 Å². The molecule has 2 N–H and O–H groups in total. The maximum atomic E-state index is 10.7. The van der Waals surface area contributed by atoms with Gasteiger partial charge in [0.15, 0.2) is 0 Å². The minimum atomic E-state index is -0.987. The number of nitrogens with one attached hydrogen (secondary N) is 1. The summed E-state index contributed by atoms with van der Waals surface area (Å²) in [5, 5.41) is 12.3. The van der Waals surface area contributed by atoms with Gasteiger partial charge in [0.25, 0.3) is 0 Å². The van der Waals surface area contributed by atoms with Crippen molar-refractivity contribution in [2.24, 2.45) is 0 Å². The van der Waals surface area contributed by atoms with Gasteiger partial charge in [0.05, 0.1) is 0 Å².